The van der Waals surface area contributed by atoms with Crippen LogP contribution in [0.15, 0.2) is 0 Å². The number of methoxy groups -OCH3 is 1. The van der Waals surface area contributed by atoms with Gasteiger partial charge in [0.15, 0.2) is 0 Å². The fourth-order valence-electron chi connectivity index (χ4n) is 1.07. The van der Waals surface area contributed by atoms with Gasteiger partial charge in [-0.3, -0.25) is 0 Å². The molecule has 0 aromatic rings. The van der Waals surface area contributed by atoms with Crippen molar-refractivity contribution >= 4 is 0 Å². The van der Waals surface area contributed by atoms with Crippen molar-refractivity contribution in [1.82, 2.24) is 5.32 Å². The van der Waals surface area contributed by atoms with Gasteiger partial charge in [-0.1, -0.05) is 34.1 Å². The predicted molar refractivity (Wildman–Crippen MR) is 60.2 cm³/mol. The first-order valence-electron chi connectivity index (χ1n) is 5.58. The topological polar surface area (TPSA) is 21.3 Å². The third-order valence-corrected chi connectivity index (χ3v) is 1.74. The molecule has 0 aliphatic heterocycles. The summed E-state index contributed by atoms with van der Waals surface area (Å²) in [5.41, 5.74) is 0. The van der Waals surface area contributed by atoms with E-state index in [4.69, 9.17) is 4.74 Å². The number of hydrogen-bond donors (Lipinski definition) is 1. The molecule has 0 rings (SSSR count). The normalized spacial score (nSPS) is 11.8. The quantitative estimate of drug-likeness (QED) is 0.622. The number of hydrogen-bond acceptors (Lipinski definition) is 2. The van der Waals surface area contributed by atoms with E-state index in [1.54, 1.807) is 7.11 Å². The van der Waals surface area contributed by atoms with Crippen molar-refractivity contribution in [3.05, 3.63) is 0 Å². The van der Waals surface area contributed by atoms with Crippen molar-refractivity contribution in [3.8, 4) is 0 Å². The SMILES string of the molecule is CC.CCCNCC(CCC)OC. The van der Waals surface area contributed by atoms with Gasteiger partial charge in [-0.2, -0.15) is 0 Å². The first kappa shape index (κ1) is 15.4. The highest BCUT2D eigenvalue weighted by atomic mass is 16.5. The van der Waals surface area contributed by atoms with Crippen LogP contribution in [0, 0.1) is 0 Å². The Morgan fingerprint density at radius 3 is 2.15 bits per heavy atom. The van der Waals surface area contributed by atoms with Crippen molar-refractivity contribution in [3.63, 3.8) is 0 Å². The molecule has 0 aromatic carbocycles. The summed E-state index contributed by atoms with van der Waals surface area (Å²) in [4.78, 5) is 0. The van der Waals surface area contributed by atoms with Crippen LogP contribution in [0.25, 0.3) is 0 Å². The zero-order chi connectivity index (χ0) is 10.5. The summed E-state index contributed by atoms with van der Waals surface area (Å²) in [6, 6.07) is 0. The highest BCUT2D eigenvalue weighted by Crippen LogP contribution is 1.98. The van der Waals surface area contributed by atoms with Gasteiger partial charge in [0.1, 0.15) is 0 Å². The van der Waals surface area contributed by atoms with Gasteiger partial charge in [0, 0.05) is 13.7 Å². The lowest BCUT2D eigenvalue weighted by Crippen LogP contribution is -2.28. The molecule has 13 heavy (non-hydrogen) atoms. The highest BCUT2D eigenvalue weighted by molar-refractivity contribution is 4.59. The minimum absolute atomic E-state index is 0.409. The second-order valence-corrected chi connectivity index (χ2v) is 2.85. The summed E-state index contributed by atoms with van der Waals surface area (Å²) >= 11 is 0. The summed E-state index contributed by atoms with van der Waals surface area (Å²) in [7, 11) is 1.79. The van der Waals surface area contributed by atoms with Crippen LogP contribution >= 0.6 is 0 Å². The lowest BCUT2D eigenvalue weighted by atomic mass is 10.2. The van der Waals surface area contributed by atoms with E-state index in [-0.39, 0.29) is 0 Å². The van der Waals surface area contributed by atoms with E-state index < -0.39 is 0 Å². The smallest absolute Gasteiger partial charge is 0.0695 e. The molecule has 0 fully saturated rings. The van der Waals surface area contributed by atoms with E-state index in [2.05, 4.69) is 19.2 Å². The van der Waals surface area contributed by atoms with Crippen molar-refractivity contribution in [2.24, 2.45) is 0 Å². The van der Waals surface area contributed by atoms with Crippen LogP contribution in [0.1, 0.15) is 47.0 Å². The molecule has 0 bridgehead atoms. The van der Waals surface area contributed by atoms with Crippen LogP contribution in [-0.4, -0.2) is 26.3 Å². The molecule has 0 spiro atoms. The Hall–Kier alpha value is -0.0800. The van der Waals surface area contributed by atoms with E-state index >= 15 is 0 Å². The molecule has 0 saturated heterocycles. The van der Waals surface area contributed by atoms with Gasteiger partial charge in [-0.15, -0.1) is 0 Å². The van der Waals surface area contributed by atoms with E-state index in [9.17, 15) is 0 Å². The highest BCUT2D eigenvalue weighted by Gasteiger charge is 2.03. The molecule has 1 unspecified atom stereocenters. The van der Waals surface area contributed by atoms with Gasteiger partial charge < -0.3 is 10.1 Å². The number of ether oxygens (including phenoxy) is 1. The second-order valence-electron chi connectivity index (χ2n) is 2.85. The molecular formula is C11H27NO. The lowest BCUT2D eigenvalue weighted by molar-refractivity contribution is 0.0940. The average molecular weight is 189 g/mol. The van der Waals surface area contributed by atoms with Crippen LogP contribution in [0.3, 0.4) is 0 Å². The Morgan fingerprint density at radius 2 is 1.77 bits per heavy atom. The molecule has 0 radical (unpaired) electrons. The van der Waals surface area contributed by atoms with Crippen LogP contribution in [-0.2, 0) is 4.74 Å². The van der Waals surface area contributed by atoms with Crippen LogP contribution in [0.5, 0.6) is 0 Å². The third kappa shape index (κ3) is 11.9. The molecule has 1 N–H and O–H groups in total. The maximum atomic E-state index is 5.27. The van der Waals surface area contributed by atoms with Gasteiger partial charge in [0.25, 0.3) is 0 Å². The van der Waals surface area contributed by atoms with Crippen molar-refractivity contribution in [2.75, 3.05) is 20.2 Å². The van der Waals surface area contributed by atoms with Crippen LogP contribution in [0.4, 0.5) is 0 Å². The zero-order valence-electron chi connectivity index (χ0n) is 10.0. The molecule has 0 saturated carbocycles. The van der Waals surface area contributed by atoms with Crippen molar-refractivity contribution < 1.29 is 4.74 Å². The average Bonchev–Trinajstić information content (AvgIpc) is 2.20. The number of nitrogens with one attached hydrogen (secondary N) is 1. The summed E-state index contributed by atoms with van der Waals surface area (Å²) in [6.45, 7) is 10.5. The molecule has 0 amide bonds. The summed E-state index contributed by atoms with van der Waals surface area (Å²) in [5.74, 6) is 0. The fraction of sp³-hybridized carbons (Fsp3) is 1.00. The standard InChI is InChI=1S/C9H21NO.C2H6/c1-4-6-9(11-3)8-10-7-5-2;1-2/h9-10H,4-8H2,1-3H3;1-2H3. The molecule has 0 aliphatic rings. The van der Waals surface area contributed by atoms with Gasteiger partial charge >= 0.3 is 0 Å². The lowest BCUT2D eigenvalue weighted by Gasteiger charge is -2.14. The Bertz CT molecular complexity index is 76.5. The monoisotopic (exact) mass is 189 g/mol. The summed E-state index contributed by atoms with van der Waals surface area (Å²) < 4.78 is 5.27. The molecular weight excluding hydrogens is 162 g/mol. The Morgan fingerprint density at radius 1 is 1.15 bits per heavy atom. The zero-order valence-corrected chi connectivity index (χ0v) is 10.0. The largest absolute Gasteiger partial charge is 0.380 e. The number of rotatable bonds is 7. The van der Waals surface area contributed by atoms with Gasteiger partial charge in [0.2, 0.25) is 0 Å². The maximum absolute atomic E-state index is 5.27. The van der Waals surface area contributed by atoms with Crippen LogP contribution in [0.2, 0.25) is 0 Å². The molecule has 0 aromatic heterocycles. The first-order chi connectivity index (χ1) is 6.35. The minimum Gasteiger partial charge on any atom is -0.380 e. The fourth-order valence-corrected chi connectivity index (χ4v) is 1.07. The molecule has 2 nitrogen and oxygen atoms in total. The summed E-state index contributed by atoms with van der Waals surface area (Å²) in [5, 5.41) is 3.35. The van der Waals surface area contributed by atoms with Gasteiger partial charge in [0.05, 0.1) is 6.10 Å². The Balaban J connectivity index is 0. The predicted octanol–water partition coefficient (Wildman–Crippen LogP) is 2.83. The minimum atomic E-state index is 0.409. The Labute approximate surface area is 84.1 Å². The molecule has 2 heteroatoms. The Kier molecular flexibility index (Phi) is 17.1. The third-order valence-electron chi connectivity index (χ3n) is 1.74. The van der Waals surface area contributed by atoms with Gasteiger partial charge in [-0.25, -0.2) is 0 Å². The second kappa shape index (κ2) is 14.4. The van der Waals surface area contributed by atoms with E-state index in [0.717, 1.165) is 19.5 Å². The van der Waals surface area contributed by atoms with E-state index in [0.29, 0.717) is 6.10 Å². The van der Waals surface area contributed by atoms with Crippen molar-refractivity contribution in [2.45, 2.75) is 53.1 Å². The first-order valence-corrected chi connectivity index (χ1v) is 5.58. The van der Waals surface area contributed by atoms with Gasteiger partial charge in [-0.05, 0) is 19.4 Å². The summed E-state index contributed by atoms with van der Waals surface area (Å²) in [6.07, 6.45) is 3.97. The molecule has 82 valence electrons. The maximum Gasteiger partial charge on any atom is 0.0695 e. The molecule has 0 heterocycles. The van der Waals surface area contributed by atoms with Crippen LogP contribution < -0.4 is 5.32 Å². The van der Waals surface area contributed by atoms with E-state index in [1.165, 1.54) is 12.8 Å². The van der Waals surface area contributed by atoms with Crippen molar-refractivity contribution in [1.29, 1.82) is 0 Å². The molecule has 1 atom stereocenters. The van der Waals surface area contributed by atoms with E-state index in [1.807, 2.05) is 13.8 Å². The molecule has 0 aliphatic carbocycles.